The van der Waals surface area contributed by atoms with Gasteiger partial charge in [-0.05, 0) is 24.6 Å². The third kappa shape index (κ3) is 4.05. The fraction of sp³-hybridized carbons (Fsp3) is 0.333. The molecule has 0 spiro atoms. The molecular formula is C21H26N8O. The van der Waals surface area contributed by atoms with E-state index < -0.39 is 0 Å². The van der Waals surface area contributed by atoms with Gasteiger partial charge in [0.05, 0.1) is 23.3 Å². The van der Waals surface area contributed by atoms with Gasteiger partial charge in [-0.2, -0.15) is 10.2 Å². The number of nitrogens with one attached hydrogen (secondary N) is 1. The van der Waals surface area contributed by atoms with E-state index >= 15 is 0 Å². The molecule has 1 amide bonds. The number of anilines is 1. The molecule has 0 radical (unpaired) electrons. The minimum Gasteiger partial charge on any atom is -0.352 e. The van der Waals surface area contributed by atoms with Crippen LogP contribution in [0.25, 0.3) is 5.69 Å². The first-order valence-corrected chi connectivity index (χ1v) is 9.90. The minimum absolute atomic E-state index is 0.0321. The van der Waals surface area contributed by atoms with E-state index in [0.29, 0.717) is 25.6 Å². The third-order valence-electron chi connectivity index (χ3n) is 5.13. The van der Waals surface area contributed by atoms with Crippen molar-refractivity contribution >= 4 is 17.6 Å². The molecule has 0 bridgehead atoms. The SMILES string of the molecule is CN=C(NCc1ccccc1-n1ccc(C)n1)N1CCN(c2cnn(C)c2)C(=O)C1. The van der Waals surface area contributed by atoms with Crippen LogP contribution < -0.4 is 10.2 Å². The van der Waals surface area contributed by atoms with Gasteiger partial charge in [-0.15, -0.1) is 0 Å². The molecule has 1 aliphatic heterocycles. The van der Waals surface area contributed by atoms with Crippen LogP contribution in [0.3, 0.4) is 0 Å². The smallest absolute Gasteiger partial charge is 0.246 e. The summed E-state index contributed by atoms with van der Waals surface area (Å²) < 4.78 is 3.58. The lowest BCUT2D eigenvalue weighted by molar-refractivity contribution is -0.120. The topological polar surface area (TPSA) is 83.6 Å². The fourth-order valence-electron chi connectivity index (χ4n) is 3.61. The van der Waals surface area contributed by atoms with Crippen LogP contribution in [-0.2, 0) is 18.4 Å². The molecule has 156 valence electrons. The van der Waals surface area contributed by atoms with Crippen molar-refractivity contribution in [2.75, 3.05) is 31.6 Å². The summed E-state index contributed by atoms with van der Waals surface area (Å²) in [5.41, 5.74) is 3.92. The largest absolute Gasteiger partial charge is 0.352 e. The number of carbonyl (C=O) groups is 1. The second kappa shape index (κ2) is 8.40. The molecule has 9 heteroatoms. The lowest BCUT2D eigenvalue weighted by Crippen LogP contribution is -2.55. The summed E-state index contributed by atoms with van der Waals surface area (Å²) >= 11 is 0. The van der Waals surface area contributed by atoms with E-state index in [1.807, 2.05) is 60.2 Å². The maximum atomic E-state index is 12.7. The van der Waals surface area contributed by atoms with E-state index in [1.165, 1.54) is 0 Å². The fourth-order valence-corrected chi connectivity index (χ4v) is 3.61. The van der Waals surface area contributed by atoms with E-state index in [2.05, 4.69) is 26.6 Å². The molecule has 1 aliphatic rings. The lowest BCUT2D eigenvalue weighted by Gasteiger charge is -2.35. The van der Waals surface area contributed by atoms with E-state index in [4.69, 9.17) is 0 Å². The Morgan fingerprint density at radius 3 is 2.73 bits per heavy atom. The summed E-state index contributed by atoms with van der Waals surface area (Å²) in [6.07, 6.45) is 5.53. The van der Waals surface area contributed by atoms with Crippen LogP contribution in [0.1, 0.15) is 11.3 Å². The molecule has 1 aromatic carbocycles. The summed E-state index contributed by atoms with van der Waals surface area (Å²) in [4.78, 5) is 20.8. The third-order valence-corrected chi connectivity index (χ3v) is 5.13. The van der Waals surface area contributed by atoms with Crippen molar-refractivity contribution in [3.8, 4) is 5.69 Å². The Morgan fingerprint density at radius 2 is 2.07 bits per heavy atom. The first-order chi connectivity index (χ1) is 14.5. The van der Waals surface area contributed by atoms with Crippen LogP contribution in [-0.4, -0.2) is 63.0 Å². The molecule has 2 aromatic heterocycles. The summed E-state index contributed by atoms with van der Waals surface area (Å²) in [6.45, 7) is 4.11. The normalized spacial score (nSPS) is 15.0. The van der Waals surface area contributed by atoms with Gasteiger partial charge in [-0.3, -0.25) is 14.5 Å². The second-order valence-corrected chi connectivity index (χ2v) is 7.27. The van der Waals surface area contributed by atoms with Crippen molar-refractivity contribution in [1.29, 1.82) is 0 Å². The lowest BCUT2D eigenvalue weighted by atomic mass is 10.2. The maximum Gasteiger partial charge on any atom is 0.246 e. The maximum absolute atomic E-state index is 12.7. The summed E-state index contributed by atoms with van der Waals surface area (Å²) in [7, 11) is 3.58. The number of piperazine rings is 1. The number of rotatable bonds is 4. The van der Waals surface area contributed by atoms with E-state index in [9.17, 15) is 4.79 Å². The zero-order valence-electron chi connectivity index (χ0n) is 17.5. The number of guanidine groups is 1. The first-order valence-electron chi connectivity index (χ1n) is 9.90. The first kappa shape index (κ1) is 19.7. The Labute approximate surface area is 175 Å². The average molecular weight is 406 g/mol. The Balaban J connectivity index is 1.42. The molecule has 0 atom stereocenters. The Hall–Kier alpha value is -3.62. The van der Waals surface area contributed by atoms with Gasteiger partial charge in [0.25, 0.3) is 0 Å². The van der Waals surface area contributed by atoms with E-state index in [1.54, 1.807) is 22.8 Å². The molecule has 0 aliphatic carbocycles. The van der Waals surface area contributed by atoms with Gasteiger partial charge in [-0.1, -0.05) is 18.2 Å². The molecule has 3 aromatic rings. The van der Waals surface area contributed by atoms with Gasteiger partial charge in [0, 0.05) is 46.1 Å². The standard InChI is InChI=1S/C21H26N8O/c1-16-8-9-29(25-16)19-7-5-4-6-17(19)12-23-21(22-2)27-10-11-28(20(30)15-27)18-13-24-26(3)14-18/h4-9,13-14H,10-12,15H2,1-3H3,(H,22,23). The number of carbonyl (C=O) groups excluding carboxylic acids is 1. The molecule has 30 heavy (non-hydrogen) atoms. The molecule has 1 fully saturated rings. The summed E-state index contributed by atoms with van der Waals surface area (Å²) in [6, 6.07) is 10.1. The number of aromatic nitrogens is 4. The molecule has 4 rings (SSSR count). The van der Waals surface area contributed by atoms with Crippen molar-refractivity contribution in [2.24, 2.45) is 12.0 Å². The molecule has 0 saturated carbocycles. The van der Waals surface area contributed by atoms with Gasteiger partial charge in [0.15, 0.2) is 5.96 Å². The Morgan fingerprint density at radius 1 is 1.23 bits per heavy atom. The van der Waals surface area contributed by atoms with E-state index in [-0.39, 0.29) is 12.5 Å². The minimum atomic E-state index is 0.0321. The quantitative estimate of drug-likeness (QED) is 0.522. The summed E-state index contributed by atoms with van der Waals surface area (Å²) in [5.74, 6) is 0.741. The van der Waals surface area contributed by atoms with Crippen molar-refractivity contribution in [1.82, 2.24) is 29.8 Å². The Bertz CT molecular complexity index is 1070. The van der Waals surface area contributed by atoms with Crippen LogP contribution >= 0.6 is 0 Å². The van der Waals surface area contributed by atoms with Crippen LogP contribution in [0.4, 0.5) is 5.69 Å². The number of hydrogen-bond acceptors (Lipinski definition) is 4. The number of nitrogens with zero attached hydrogens (tertiary/aromatic N) is 7. The molecule has 3 heterocycles. The molecule has 9 nitrogen and oxygen atoms in total. The van der Waals surface area contributed by atoms with Crippen molar-refractivity contribution in [3.05, 3.63) is 60.2 Å². The molecule has 1 saturated heterocycles. The molecular weight excluding hydrogens is 380 g/mol. The molecule has 0 unspecified atom stereocenters. The second-order valence-electron chi connectivity index (χ2n) is 7.27. The van der Waals surface area contributed by atoms with Crippen molar-refractivity contribution in [3.63, 3.8) is 0 Å². The number of benzene rings is 1. The van der Waals surface area contributed by atoms with Gasteiger partial charge >= 0.3 is 0 Å². The highest BCUT2D eigenvalue weighted by atomic mass is 16.2. The Kier molecular flexibility index (Phi) is 5.51. The summed E-state index contributed by atoms with van der Waals surface area (Å²) in [5, 5.41) is 12.1. The highest BCUT2D eigenvalue weighted by molar-refractivity contribution is 5.98. The highest BCUT2D eigenvalue weighted by Crippen LogP contribution is 2.17. The van der Waals surface area contributed by atoms with Crippen LogP contribution in [0.5, 0.6) is 0 Å². The van der Waals surface area contributed by atoms with Crippen LogP contribution in [0.2, 0.25) is 0 Å². The zero-order valence-corrected chi connectivity index (χ0v) is 17.5. The van der Waals surface area contributed by atoms with E-state index in [0.717, 1.165) is 22.6 Å². The monoisotopic (exact) mass is 406 g/mol. The van der Waals surface area contributed by atoms with Gasteiger partial charge in [0.2, 0.25) is 5.91 Å². The van der Waals surface area contributed by atoms with Crippen LogP contribution in [0, 0.1) is 6.92 Å². The number of aryl methyl sites for hydroxylation is 2. The average Bonchev–Trinajstić information content (AvgIpc) is 3.37. The van der Waals surface area contributed by atoms with Crippen molar-refractivity contribution in [2.45, 2.75) is 13.5 Å². The number of hydrogen-bond donors (Lipinski definition) is 1. The molecule has 1 N–H and O–H groups in total. The number of para-hydroxylation sites is 1. The predicted molar refractivity (Wildman–Crippen MR) is 116 cm³/mol. The van der Waals surface area contributed by atoms with Gasteiger partial charge < -0.3 is 15.1 Å². The zero-order chi connectivity index (χ0) is 21.1. The number of amides is 1. The van der Waals surface area contributed by atoms with Gasteiger partial charge in [0.1, 0.15) is 6.54 Å². The van der Waals surface area contributed by atoms with Crippen LogP contribution in [0.15, 0.2) is 53.9 Å². The number of aliphatic imine (C=N–C) groups is 1. The van der Waals surface area contributed by atoms with Gasteiger partial charge in [-0.25, -0.2) is 4.68 Å². The predicted octanol–water partition coefficient (Wildman–Crippen LogP) is 1.34. The highest BCUT2D eigenvalue weighted by Gasteiger charge is 2.27. The van der Waals surface area contributed by atoms with Crippen molar-refractivity contribution < 1.29 is 4.79 Å².